The van der Waals surface area contributed by atoms with Crippen LogP contribution in [0, 0.1) is 0 Å². The van der Waals surface area contributed by atoms with Gasteiger partial charge < -0.3 is 19.6 Å². The summed E-state index contributed by atoms with van der Waals surface area (Å²) in [5.74, 6) is -1.23. The minimum atomic E-state index is -1.10. The van der Waals surface area contributed by atoms with E-state index in [2.05, 4.69) is 10.6 Å². The zero-order valence-corrected chi connectivity index (χ0v) is 15.7. The number of ether oxygens (including phenoxy) is 1. The Morgan fingerprint density at radius 3 is 2.75 bits per heavy atom. The van der Waals surface area contributed by atoms with E-state index >= 15 is 0 Å². The molecule has 0 aliphatic heterocycles. The van der Waals surface area contributed by atoms with Gasteiger partial charge in [0.25, 0.3) is 5.91 Å². The highest BCUT2D eigenvalue weighted by molar-refractivity contribution is 5.97. The van der Waals surface area contributed by atoms with Crippen molar-refractivity contribution >= 4 is 28.9 Å². The zero-order valence-electron chi connectivity index (χ0n) is 15.7. The molecule has 3 rings (SSSR count). The van der Waals surface area contributed by atoms with Gasteiger partial charge in [-0.2, -0.15) is 0 Å². The van der Waals surface area contributed by atoms with Gasteiger partial charge in [0.05, 0.1) is 12.7 Å². The van der Waals surface area contributed by atoms with Crippen LogP contribution in [-0.4, -0.2) is 35.2 Å². The normalized spacial score (nSPS) is 15.8. The fourth-order valence-electron chi connectivity index (χ4n) is 3.34. The number of phenols is 1. The summed E-state index contributed by atoms with van der Waals surface area (Å²) in [6, 6.07) is 4.09. The Morgan fingerprint density at radius 2 is 2.00 bits per heavy atom. The summed E-state index contributed by atoms with van der Waals surface area (Å²) in [6.45, 7) is 1.41. The molecule has 2 aromatic rings. The molecule has 1 atom stereocenters. The molecule has 1 aromatic carbocycles. The van der Waals surface area contributed by atoms with E-state index in [0.717, 1.165) is 25.7 Å². The van der Waals surface area contributed by atoms with E-state index in [4.69, 9.17) is 9.15 Å². The van der Waals surface area contributed by atoms with Crippen LogP contribution in [-0.2, 0) is 20.7 Å². The summed E-state index contributed by atoms with van der Waals surface area (Å²) in [5.41, 5.74) is 1.04. The lowest BCUT2D eigenvalue weighted by molar-refractivity contribution is -0.153. The maximum absolute atomic E-state index is 12.1. The number of imide groups is 1. The van der Waals surface area contributed by atoms with Crippen molar-refractivity contribution in [2.45, 2.75) is 57.6 Å². The minimum Gasteiger partial charge on any atom is -0.508 e. The molecule has 0 spiro atoms. The molecule has 8 nitrogen and oxygen atoms in total. The number of fused-ring (bicyclic) bond motifs is 1. The second-order valence-corrected chi connectivity index (χ2v) is 7.05. The molecule has 3 N–H and O–H groups in total. The summed E-state index contributed by atoms with van der Waals surface area (Å²) >= 11 is 0. The van der Waals surface area contributed by atoms with Crippen LogP contribution in [0.1, 0.15) is 44.6 Å². The third-order valence-corrected chi connectivity index (χ3v) is 4.83. The van der Waals surface area contributed by atoms with E-state index in [-0.39, 0.29) is 18.2 Å². The van der Waals surface area contributed by atoms with E-state index in [9.17, 15) is 19.5 Å². The third kappa shape index (κ3) is 5.03. The fraction of sp³-hybridized carbons (Fsp3) is 0.450. The average molecular weight is 388 g/mol. The molecule has 28 heavy (non-hydrogen) atoms. The molecule has 0 bridgehead atoms. The maximum atomic E-state index is 12.1. The molecule has 1 fully saturated rings. The van der Waals surface area contributed by atoms with E-state index in [1.807, 2.05) is 0 Å². The quantitative estimate of drug-likeness (QED) is 0.678. The molecule has 1 aliphatic rings. The van der Waals surface area contributed by atoms with E-state index < -0.39 is 24.0 Å². The molecule has 0 saturated heterocycles. The molecule has 1 aromatic heterocycles. The molecule has 8 heteroatoms. The highest BCUT2D eigenvalue weighted by atomic mass is 16.5. The molecular formula is C20H24N2O6. The Labute approximate surface area is 162 Å². The SMILES string of the molecule is C[C@@H](OC(=O)Cc1coc2cc(O)ccc12)C(=O)NC(=O)NC1CCCCC1. The van der Waals surface area contributed by atoms with Crippen LogP contribution in [0.4, 0.5) is 4.79 Å². The van der Waals surface area contributed by atoms with Gasteiger partial charge in [-0.05, 0) is 31.9 Å². The molecule has 0 radical (unpaired) electrons. The number of carbonyl (C=O) groups excluding carboxylic acids is 3. The number of nitrogens with one attached hydrogen (secondary N) is 2. The number of carbonyl (C=O) groups is 3. The van der Waals surface area contributed by atoms with Crippen LogP contribution in [0.2, 0.25) is 0 Å². The Morgan fingerprint density at radius 1 is 1.25 bits per heavy atom. The van der Waals surface area contributed by atoms with Crippen molar-refractivity contribution in [1.29, 1.82) is 0 Å². The van der Waals surface area contributed by atoms with Crippen LogP contribution < -0.4 is 10.6 Å². The highest BCUT2D eigenvalue weighted by Crippen LogP contribution is 2.25. The van der Waals surface area contributed by atoms with E-state index in [0.29, 0.717) is 16.5 Å². The predicted molar refractivity (Wildman–Crippen MR) is 101 cm³/mol. The standard InChI is InChI=1S/C20H24N2O6/c1-12(19(25)22-20(26)21-14-5-3-2-4-6-14)28-18(24)9-13-11-27-17-10-15(23)7-8-16(13)17/h7-8,10-12,14,23H,2-6,9H2,1H3,(H2,21,22,25,26)/t12-/m1/s1. The van der Waals surface area contributed by atoms with Crippen molar-refractivity contribution in [2.75, 3.05) is 0 Å². The van der Waals surface area contributed by atoms with Crippen LogP contribution in [0.5, 0.6) is 5.75 Å². The predicted octanol–water partition coefficient (Wildman–Crippen LogP) is 2.77. The summed E-state index contributed by atoms with van der Waals surface area (Å²) < 4.78 is 10.4. The van der Waals surface area contributed by atoms with Gasteiger partial charge in [0, 0.05) is 23.1 Å². The van der Waals surface area contributed by atoms with Gasteiger partial charge in [0.2, 0.25) is 0 Å². The Hall–Kier alpha value is -3.03. The number of hydrogen-bond acceptors (Lipinski definition) is 6. The number of urea groups is 1. The second kappa shape index (κ2) is 8.77. The first-order valence-electron chi connectivity index (χ1n) is 9.42. The molecule has 0 unspecified atom stereocenters. The van der Waals surface area contributed by atoms with Crippen LogP contribution >= 0.6 is 0 Å². The first kappa shape index (κ1) is 19.7. The fourth-order valence-corrected chi connectivity index (χ4v) is 3.34. The monoisotopic (exact) mass is 388 g/mol. The average Bonchev–Trinajstić information content (AvgIpc) is 3.03. The minimum absolute atomic E-state index is 0.0628. The Bertz CT molecular complexity index is 869. The number of benzene rings is 1. The van der Waals surface area contributed by atoms with Gasteiger partial charge in [-0.3, -0.25) is 14.9 Å². The summed E-state index contributed by atoms with van der Waals surface area (Å²) in [4.78, 5) is 36.2. The Balaban J connectivity index is 1.48. The lowest BCUT2D eigenvalue weighted by Crippen LogP contribution is -2.48. The van der Waals surface area contributed by atoms with Gasteiger partial charge in [-0.1, -0.05) is 19.3 Å². The highest BCUT2D eigenvalue weighted by Gasteiger charge is 2.23. The van der Waals surface area contributed by atoms with Crippen LogP contribution in [0.15, 0.2) is 28.9 Å². The lowest BCUT2D eigenvalue weighted by Gasteiger charge is -2.23. The smallest absolute Gasteiger partial charge is 0.321 e. The van der Waals surface area contributed by atoms with Crippen molar-refractivity contribution in [2.24, 2.45) is 0 Å². The maximum Gasteiger partial charge on any atom is 0.321 e. The molecule has 1 heterocycles. The zero-order chi connectivity index (χ0) is 20.1. The van der Waals surface area contributed by atoms with Crippen molar-refractivity contribution < 1.29 is 28.6 Å². The van der Waals surface area contributed by atoms with Crippen molar-refractivity contribution in [1.82, 2.24) is 10.6 Å². The van der Waals surface area contributed by atoms with Crippen molar-refractivity contribution in [3.8, 4) is 5.75 Å². The van der Waals surface area contributed by atoms with Gasteiger partial charge >= 0.3 is 12.0 Å². The van der Waals surface area contributed by atoms with Crippen molar-refractivity contribution in [3.63, 3.8) is 0 Å². The van der Waals surface area contributed by atoms with E-state index in [1.165, 1.54) is 31.7 Å². The number of esters is 1. The number of amides is 3. The molecular weight excluding hydrogens is 364 g/mol. The summed E-state index contributed by atoms with van der Waals surface area (Å²) in [6.07, 6.45) is 5.32. The van der Waals surface area contributed by atoms with Crippen molar-refractivity contribution in [3.05, 3.63) is 30.0 Å². The summed E-state index contributed by atoms with van der Waals surface area (Å²) in [7, 11) is 0. The third-order valence-electron chi connectivity index (χ3n) is 4.83. The number of phenolic OH excluding ortho intramolecular Hbond substituents is 1. The first-order chi connectivity index (χ1) is 13.4. The topological polar surface area (TPSA) is 118 Å². The summed E-state index contributed by atoms with van der Waals surface area (Å²) in [5, 5.41) is 15.1. The van der Waals surface area contributed by atoms with Crippen LogP contribution in [0.3, 0.4) is 0 Å². The van der Waals surface area contributed by atoms with Gasteiger partial charge in [0.1, 0.15) is 11.3 Å². The van der Waals surface area contributed by atoms with Crippen LogP contribution in [0.25, 0.3) is 11.0 Å². The molecule has 1 saturated carbocycles. The molecule has 150 valence electrons. The van der Waals surface area contributed by atoms with E-state index in [1.54, 1.807) is 6.07 Å². The van der Waals surface area contributed by atoms with Gasteiger partial charge in [0.15, 0.2) is 6.10 Å². The second-order valence-electron chi connectivity index (χ2n) is 7.05. The first-order valence-corrected chi connectivity index (χ1v) is 9.42. The number of rotatable bonds is 5. The molecule has 3 amide bonds. The number of furan rings is 1. The van der Waals surface area contributed by atoms with Gasteiger partial charge in [-0.15, -0.1) is 0 Å². The van der Waals surface area contributed by atoms with Gasteiger partial charge in [-0.25, -0.2) is 4.79 Å². The lowest BCUT2D eigenvalue weighted by atomic mass is 9.96. The Kier molecular flexibility index (Phi) is 6.18. The largest absolute Gasteiger partial charge is 0.508 e. The number of hydrogen-bond donors (Lipinski definition) is 3. The number of aromatic hydroxyl groups is 1. The molecule has 1 aliphatic carbocycles.